The summed E-state index contributed by atoms with van der Waals surface area (Å²) in [5, 5.41) is 19.7. The number of rotatable bonds is 5. The van der Waals surface area contributed by atoms with Crippen LogP contribution in [-0.4, -0.2) is 23.4 Å². The summed E-state index contributed by atoms with van der Waals surface area (Å²) < 4.78 is 15.0. The zero-order chi connectivity index (χ0) is 15.5. The highest BCUT2D eigenvalue weighted by Gasteiger charge is 2.31. The Morgan fingerprint density at radius 2 is 1.67 bits per heavy atom. The number of halogens is 3. The van der Waals surface area contributed by atoms with Crippen LogP contribution in [0, 0.1) is 5.82 Å². The number of aliphatic hydroxyl groups excluding tert-OH is 2. The topological polar surface area (TPSA) is 40.5 Å². The first-order chi connectivity index (χ1) is 9.99. The second-order valence-corrected chi connectivity index (χ2v) is 6.89. The third kappa shape index (κ3) is 3.92. The van der Waals surface area contributed by atoms with Crippen LogP contribution in [0.25, 0.3) is 0 Å². The first kappa shape index (κ1) is 16.6. The van der Waals surface area contributed by atoms with Gasteiger partial charge in [-0.05, 0) is 47.9 Å². The third-order valence-electron chi connectivity index (χ3n) is 3.51. The Bertz CT molecular complexity index is 607. The van der Waals surface area contributed by atoms with Crippen LogP contribution >= 0.6 is 31.9 Å². The summed E-state index contributed by atoms with van der Waals surface area (Å²) in [6.45, 7) is -0.456. The van der Waals surface area contributed by atoms with E-state index in [1.807, 2.05) is 24.3 Å². The number of hydrogen-bond donors (Lipinski definition) is 2. The van der Waals surface area contributed by atoms with Gasteiger partial charge in [-0.15, -0.1) is 0 Å². The Labute approximate surface area is 139 Å². The van der Waals surface area contributed by atoms with Gasteiger partial charge in [0, 0.05) is 14.4 Å². The van der Waals surface area contributed by atoms with Gasteiger partial charge in [0.15, 0.2) is 0 Å². The average molecular weight is 418 g/mol. The molecule has 0 atom stereocenters. The molecule has 0 bridgehead atoms. The second kappa shape index (κ2) is 7.01. The van der Waals surface area contributed by atoms with Crippen LogP contribution in [0.1, 0.15) is 11.1 Å². The van der Waals surface area contributed by atoms with Gasteiger partial charge in [-0.1, -0.05) is 44.0 Å². The maximum absolute atomic E-state index is 13.5. The molecule has 0 saturated carbocycles. The van der Waals surface area contributed by atoms with E-state index in [1.54, 1.807) is 6.07 Å². The summed E-state index contributed by atoms with van der Waals surface area (Å²) in [4.78, 5) is 0. The van der Waals surface area contributed by atoms with Gasteiger partial charge in [-0.25, -0.2) is 4.39 Å². The molecular weight excluding hydrogens is 403 g/mol. The van der Waals surface area contributed by atoms with E-state index in [0.717, 1.165) is 10.0 Å². The van der Waals surface area contributed by atoms with Crippen molar-refractivity contribution < 1.29 is 14.6 Å². The molecule has 0 unspecified atom stereocenters. The van der Waals surface area contributed by atoms with Crippen molar-refractivity contribution >= 4 is 31.9 Å². The summed E-state index contributed by atoms with van der Waals surface area (Å²) in [6, 6.07) is 12.0. The summed E-state index contributed by atoms with van der Waals surface area (Å²) in [5.41, 5.74) is 0.670. The van der Waals surface area contributed by atoms with Crippen LogP contribution in [0.15, 0.2) is 51.4 Å². The number of benzene rings is 2. The minimum absolute atomic E-state index is 0.228. The SMILES string of the molecule is OCC(CO)(Cc1cc(F)cc(Br)c1)c1cccc(Br)c1. The van der Waals surface area contributed by atoms with Crippen molar-refractivity contribution in [3.05, 3.63) is 68.4 Å². The lowest BCUT2D eigenvalue weighted by atomic mass is 9.77. The van der Waals surface area contributed by atoms with Crippen molar-refractivity contribution in [2.45, 2.75) is 11.8 Å². The molecule has 2 aromatic carbocycles. The van der Waals surface area contributed by atoms with Gasteiger partial charge in [0.1, 0.15) is 5.82 Å². The van der Waals surface area contributed by atoms with Crippen LogP contribution in [0.4, 0.5) is 4.39 Å². The summed E-state index contributed by atoms with van der Waals surface area (Å²) >= 11 is 6.65. The van der Waals surface area contributed by atoms with Crippen LogP contribution in [-0.2, 0) is 11.8 Å². The van der Waals surface area contributed by atoms with Gasteiger partial charge in [-0.2, -0.15) is 0 Å². The zero-order valence-corrected chi connectivity index (χ0v) is 14.4. The van der Waals surface area contributed by atoms with Crippen molar-refractivity contribution in [1.82, 2.24) is 0 Å². The number of aliphatic hydroxyl groups is 2. The maximum Gasteiger partial charge on any atom is 0.124 e. The van der Waals surface area contributed by atoms with E-state index >= 15 is 0 Å². The Morgan fingerprint density at radius 1 is 0.952 bits per heavy atom. The summed E-state index contributed by atoms with van der Waals surface area (Å²) in [7, 11) is 0. The monoisotopic (exact) mass is 416 g/mol. The minimum Gasteiger partial charge on any atom is -0.395 e. The zero-order valence-electron chi connectivity index (χ0n) is 11.2. The Balaban J connectivity index is 2.42. The molecule has 5 heteroatoms. The van der Waals surface area contributed by atoms with Crippen molar-refractivity contribution in [2.75, 3.05) is 13.2 Å². The van der Waals surface area contributed by atoms with E-state index in [9.17, 15) is 14.6 Å². The first-order valence-corrected chi connectivity index (χ1v) is 8.00. The molecule has 0 amide bonds. The maximum atomic E-state index is 13.5. The lowest BCUT2D eigenvalue weighted by Gasteiger charge is -2.31. The molecule has 0 fully saturated rings. The lowest BCUT2D eigenvalue weighted by Crippen LogP contribution is -2.37. The highest BCUT2D eigenvalue weighted by atomic mass is 79.9. The van der Waals surface area contributed by atoms with Crippen LogP contribution < -0.4 is 0 Å². The van der Waals surface area contributed by atoms with Gasteiger partial charge < -0.3 is 10.2 Å². The van der Waals surface area contributed by atoms with Crippen molar-refractivity contribution in [3.63, 3.8) is 0 Å². The molecule has 0 heterocycles. The van der Waals surface area contributed by atoms with E-state index in [0.29, 0.717) is 16.5 Å². The van der Waals surface area contributed by atoms with E-state index in [1.165, 1.54) is 12.1 Å². The molecule has 0 radical (unpaired) electrons. The molecule has 112 valence electrons. The van der Waals surface area contributed by atoms with Gasteiger partial charge >= 0.3 is 0 Å². The van der Waals surface area contributed by atoms with Crippen molar-refractivity contribution in [3.8, 4) is 0 Å². The molecule has 2 aromatic rings. The third-order valence-corrected chi connectivity index (χ3v) is 4.46. The Hall–Kier alpha value is -0.750. The molecule has 2 N–H and O–H groups in total. The Kier molecular flexibility index (Phi) is 5.54. The largest absolute Gasteiger partial charge is 0.395 e. The standard InChI is InChI=1S/C16H15Br2FO2/c17-13-3-1-2-12(6-13)16(9-20,10-21)8-11-4-14(18)7-15(19)5-11/h1-7,20-21H,8-10H2. The lowest BCUT2D eigenvalue weighted by molar-refractivity contribution is 0.116. The van der Waals surface area contributed by atoms with Crippen LogP contribution in [0.3, 0.4) is 0 Å². The minimum atomic E-state index is -0.850. The molecule has 2 rings (SSSR count). The van der Waals surface area contributed by atoms with Gasteiger partial charge in [0.25, 0.3) is 0 Å². The molecule has 2 nitrogen and oxygen atoms in total. The van der Waals surface area contributed by atoms with E-state index in [-0.39, 0.29) is 19.0 Å². The fraction of sp³-hybridized carbons (Fsp3) is 0.250. The summed E-state index contributed by atoms with van der Waals surface area (Å²) in [6.07, 6.45) is 0.340. The predicted molar refractivity (Wildman–Crippen MR) is 87.8 cm³/mol. The van der Waals surface area contributed by atoms with Crippen LogP contribution in [0.5, 0.6) is 0 Å². The molecule has 0 aliphatic carbocycles. The first-order valence-electron chi connectivity index (χ1n) is 6.42. The number of hydrogen-bond acceptors (Lipinski definition) is 2. The predicted octanol–water partition coefficient (Wildman–Crippen LogP) is 3.82. The molecule has 0 aliphatic heterocycles. The molecule has 0 aliphatic rings. The van der Waals surface area contributed by atoms with Gasteiger partial charge in [0.2, 0.25) is 0 Å². The molecule has 0 aromatic heterocycles. The van der Waals surface area contributed by atoms with Crippen LogP contribution in [0.2, 0.25) is 0 Å². The highest BCUT2D eigenvalue weighted by molar-refractivity contribution is 9.10. The smallest absolute Gasteiger partial charge is 0.124 e. The average Bonchev–Trinajstić information content (AvgIpc) is 2.44. The van der Waals surface area contributed by atoms with Gasteiger partial charge in [-0.3, -0.25) is 0 Å². The highest BCUT2D eigenvalue weighted by Crippen LogP contribution is 2.31. The van der Waals surface area contributed by atoms with Gasteiger partial charge in [0.05, 0.1) is 13.2 Å². The fourth-order valence-electron chi connectivity index (χ4n) is 2.37. The fourth-order valence-corrected chi connectivity index (χ4v) is 3.28. The molecule has 0 saturated heterocycles. The Morgan fingerprint density at radius 3 is 2.24 bits per heavy atom. The van der Waals surface area contributed by atoms with E-state index < -0.39 is 5.41 Å². The molecule has 0 spiro atoms. The molecule has 21 heavy (non-hydrogen) atoms. The van der Waals surface area contributed by atoms with E-state index in [4.69, 9.17) is 0 Å². The normalized spacial score (nSPS) is 11.7. The quantitative estimate of drug-likeness (QED) is 0.776. The molecular formula is C16H15Br2FO2. The van der Waals surface area contributed by atoms with E-state index in [2.05, 4.69) is 31.9 Å². The van der Waals surface area contributed by atoms with Crippen molar-refractivity contribution in [1.29, 1.82) is 0 Å². The second-order valence-electron chi connectivity index (χ2n) is 5.06. The van der Waals surface area contributed by atoms with Crippen molar-refractivity contribution in [2.24, 2.45) is 0 Å². The summed E-state index contributed by atoms with van der Waals surface area (Å²) in [5.74, 6) is -0.349.